The molecule has 0 aliphatic carbocycles. The monoisotopic (exact) mass is 449 g/mol. The number of carbonyl (C=O) groups is 1. The zero-order valence-electron chi connectivity index (χ0n) is 17.3. The summed E-state index contributed by atoms with van der Waals surface area (Å²) in [6.07, 6.45) is -0.0164. The smallest absolute Gasteiger partial charge is 0.383 e. The average molecular weight is 449 g/mol. The van der Waals surface area contributed by atoms with Crippen LogP contribution in [0.5, 0.6) is 0 Å². The number of aromatic nitrogens is 4. The minimum absolute atomic E-state index is 0.138. The first kappa shape index (κ1) is 23.1. The van der Waals surface area contributed by atoms with Crippen molar-refractivity contribution in [1.82, 2.24) is 30.4 Å². The maximum absolute atomic E-state index is 12.5. The van der Waals surface area contributed by atoms with E-state index >= 15 is 0 Å². The first-order valence-corrected chi connectivity index (χ1v) is 9.88. The van der Waals surface area contributed by atoms with E-state index < -0.39 is 18.6 Å². The standard InChI is InChI=1S/C19H22F3N9O/c1-31-4-2-12(3-5-31)8-25-14-6-15(28-16-10-24-13(7-23)9-26-16)29-30-17(14)18(32)27-11-19(20,21)22/h6,9-10,12H,2-5,8,11H2,1H3,(H,27,32)(H2,25,26,28,29). The molecule has 1 fully saturated rings. The van der Waals surface area contributed by atoms with Gasteiger partial charge in [0.25, 0.3) is 5.91 Å². The average Bonchev–Trinajstić information content (AvgIpc) is 2.77. The highest BCUT2D eigenvalue weighted by Crippen LogP contribution is 2.22. The van der Waals surface area contributed by atoms with E-state index in [2.05, 4.69) is 35.7 Å². The van der Waals surface area contributed by atoms with E-state index in [9.17, 15) is 18.0 Å². The molecular weight excluding hydrogens is 427 g/mol. The molecule has 0 atom stereocenters. The molecule has 0 aromatic carbocycles. The lowest BCUT2D eigenvalue weighted by Crippen LogP contribution is -2.35. The fourth-order valence-corrected chi connectivity index (χ4v) is 3.12. The maximum atomic E-state index is 12.5. The van der Waals surface area contributed by atoms with Crippen LogP contribution in [0.25, 0.3) is 0 Å². The van der Waals surface area contributed by atoms with Crippen LogP contribution in [0, 0.1) is 17.2 Å². The van der Waals surface area contributed by atoms with Gasteiger partial charge < -0.3 is 20.9 Å². The van der Waals surface area contributed by atoms with Crippen LogP contribution in [0.4, 0.5) is 30.5 Å². The number of nitriles is 1. The fourth-order valence-electron chi connectivity index (χ4n) is 3.12. The van der Waals surface area contributed by atoms with Gasteiger partial charge in [0, 0.05) is 12.6 Å². The number of hydrogen-bond donors (Lipinski definition) is 3. The van der Waals surface area contributed by atoms with Crippen molar-refractivity contribution in [2.45, 2.75) is 19.0 Å². The third-order valence-corrected chi connectivity index (χ3v) is 4.90. The van der Waals surface area contributed by atoms with E-state index in [-0.39, 0.29) is 28.7 Å². The lowest BCUT2D eigenvalue weighted by molar-refractivity contribution is -0.123. The van der Waals surface area contributed by atoms with Gasteiger partial charge in [-0.15, -0.1) is 10.2 Å². The van der Waals surface area contributed by atoms with Crippen LogP contribution in [0.1, 0.15) is 29.0 Å². The Kier molecular flexibility index (Phi) is 7.37. The minimum Gasteiger partial charge on any atom is -0.383 e. The van der Waals surface area contributed by atoms with Crippen LogP contribution in [0.2, 0.25) is 0 Å². The number of nitrogens with zero attached hydrogens (tertiary/aromatic N) is 6. The Hall–Kier alpha value is -3.53. The molecule has 3 N–H and O–H groups in total. The highest BCUT2D eigenvalue weighted by atomic mass is 19.4. The number of halogens is 3. The molecule has 0 saturated carbocycles. The molecular formula is C19H22F3N9O. The highest BCUT2D eigenvalue weighted by Gasteiger charge is 2.29. The predicted molar refractivity (Wildman–Crippen MR) is 109 cm³/mol. The fraction of sp³-hybridized carbons (Fsp3) is 0.474. The van der Waals surface area contributed by atoms with E-state index in [0.29, 0.717) is 12.5 Å². The Labute approximate surface area is 182 Å². The first-order chi connectivity index (χ1) is 15.2. The summed E-state index contributed by atoms with van der Waals surface area (Å²) in [5, 5.41) is 24.3. The van der Waals surface area contributed by atoms with Crippen LogP contribution in [-0.2, 0) is 0 Å². The SMILES string of the molecule is CN1CCC(CNc2cc(Nc3cnc(C#N)cn3)nnc2C(=O)NCC(F)(F)F)CC1. The normalized spacial score (nSPS) is 15.1. The zero-order chi connectivity index (χ0) is 23.1. The van der Waals surface area contributed by atoms with Crippen LogP contribution >= 0.6 is 0 Å². The number of carbonyl (C=O) groups excluding carboxylic acids is 1. The minimum atomic E-state index is -4.54. The third-order valence-electron chi connectivity index (χ3n) is 4.90. The number of nitrogens with one attached hydrogen (secondary N) is 3. The summed E-state index contributed by atoms with van der Waals surface area (Å²) in [7, 11) is 2.05. The number of likely N-dealkylation sites (tertiary alicyclic amines) is 1. The van der Waals surface area contributed by atoms with Crippen molar-refractivity contribution in [2.24, 2.45) is 5.92 Å². The third kappa shape index (κ3) is 6.74. The molecule has 170 valence electrons. The van der Waals surface area contributed by atoms with E-state index in [0.717, 1.165) is 25.9 Å². The zero-order valence-corrected chi connectivity index (χ0v) is 17.3. The summed E-state index contributed by atoms with van der Waals surface area (Å²) >= 11 is 0. The summed E-state index contributed by atoms with van der Waals surface area (Å²) in [4.78, 5) is 22.4. The second kappa shape index (κ2) is 10.2. The van der Waals surface area contributed by atoms with Crippen molar-refractivity contribution in [2.75, 3.05) is 43.9 Å². The van der Waals surface area contributed by atoms with E-state index in [1.807, 2.05) is 18.4 Å². The molecule has 0 radical (unpaired) electrons. The van der Waals surface area contributed by atoms with Gasteiger partial charge in [0.15, 0.2) is 17.2 Å². The number of amides is 1. The number of alkyl halides is 3. The lowest BCUT2D eigenvalue weighted by Gasteiger charge is -2.29. The number of rotatable bonds is 7. The molecule has 1 amide bonds. The molecule has 1 saturated heterocycles. The Morgan fingerprint density at radius 3 is 2.59 bits per heavy atom. The van der Waals surface area contributed by atoms with Crippen molar-refractivity contribution in [3.05, 3.63) is 29.8 Å². The molecule has 2 aromatic rings. The van der Waals surface area contributed by atoms with Gasteiger partial charge in [-0.05, 0) is 38.9 Å². The second-order valence-corrected chi connectivity index (χ2v) is 7.44. The molecule has 3 heterocycles. The van der Waals surface area contributed by atoms with E-state index in [1.54, 1.807) is 0 Å². The van der Waals surface area contributed by atoms with E-state index in [4.69, 9.17) is 5.26 Å². The van der Waals surface area contributed by atoms with Crippen molar-refractivity contribution >= 4 is 23.2 Å². The quantitative estimate of drug-likeness (QED) is 0.580. The predicted octanol–water partition coefficient (Wildman–Crippen LogP) is 1.93. The second-order valence-electron chi connectivity index (χ2n) is 7.44. The topological polar surface area (TPSA) is 132 Å². The van der Waals surface area contributed by atoms with Gasteiger partial charge in [-0.25, -0.2) is 9.97 Å². The lowest BCUT2D eigenvalue weighted by atomic mass is 9.97. The Morgan fingerprint density at radius 2 is 1.97 bits per heavy atom. The maximum Gasteiger partial charge on any atom is 0.405 e. The number of anilines is 3. The Morgan fingerprint density at radius 1 is 1.22 bits per heavy atom. The van der Waals surface area contributed by atoms with Crippen LogP contribution in [0.15, 0.2) is 18.5 Å². The number of piperidine rings is 1. The summed E-state index contributed by atoms with van der Waals surface area (Å²) in [6, 6.07) is 3.33. The molecule has 2 aromatic heterocycles. The molecule has 0 unspecified atom stereocenters. The van der Waals surface area contributed by atoms with E-state index in [1.165, 1.54) is 18.5 Å². The van der Waals surface area contributed by atoms with Gasteiger partial charge in [0.1, 0.15) is 18.4 Å². The van der Waals surface area contributed by atoms with Crippen molar-refractivity contribution < 1.29 is 18.0 Å². The van der Waals surface area contributed by atoms with Crippen molar-refractivity contribution in [3.8, 4) is 6.07 Å². The first-order valence-electron chi connectivity index (χ1n) is 9.88. The summed E-state index contributed by atoms with van der Waals surface area (Å²) in [5.74, 6) is -0.132. The van der Waals surface area contributed by atoms with Gasteiger partial charge in [0.2, 0.25) is 0 Å². The van der Waals surface area contributed by atoms with Crippen molar-refractivity contribution in [3.63, 3.8) is 0 Å². The molecule has 1 aliphatic rings. The van der Waals surface area contributed by atoms with Crippen LogP contribution in [0.3, 0.4) is 0 Å². The summed E-state index contributed by atoms with van der Waals surface area (Å²) in [6.45, 7) is 0.964. The van der Waals surface area contributed by atoms with Gasteiger partial charge in [0.05, 0.1) is 18.1 Å². The summed E-state index contributed by atoms with van der Waals surface area (Å²) < 4.78 is 37.5. The Bertz CT molecular complexity index is 967. The molecule has 0 bridgehead atoms. The van der Waals surface area contributed by atoms with Crippen LogP contribution < -0.4 is 16.0 Å². The Balaban J connectivity index is 1.76. The van der Waals surface area contributed by atoms with Gasteiger partial charge in [-0.2, -0.15) is 18.4 Å². The molecule has 3 rings (SSSR count). The van der Waals surface area contributed by atoms with Gasteiger partial charge >= 0.3 is 6.18 Å². The van der Waals surface area contributed by atoms with Crippen LogP contribution in [-0.4, -0.2) is 70.4 Å². The molecule has 0 spiro atoms. The van der Waals surface area contributed by atoms with Gasteiger partial charge in [-0.1, -0.05) is 0 Å². The molecule has 13 heteroatoms. The summed E-state index contributed by atoms with van der Waals surface area (Å²) in [5.41, 5.74) is 0.153. The van der Waals surface area contributed by atoms with Gasteiger partial charge in [-0.3, -0.25) is 4.79 Å². The highest BCUT2D eigenvalue weighted by molar-refractivity contribution is 5.97. The molecule has 32 heavy (non-hydrogen) atoms. The largest absolute Gasteiger partial charge is 0.405 e. The molecule has 10 nitrogen and oxygen atoms in total. The molecule has 1 aliphatic heterocycles. The number of hydrogen-bond acceptors (Lipinski definition) is 9. The van der Waals surface area contributed by atoms with Crippen molar-refractivity contribution in [1.29, 1.82) is 5.26 Å².